The minimum absolute atomic E-state index is 0.0284. The predicted octanol–water partition coefficient (Wildman–Crippen LogP) is 4.02. The molecule has 4 aromatic rings. The Kier molecular flexibility index (Phi) is 5.41. The molecule has 0 aliphatic rings. The SMILES string of the molecule is COc1ccc(C(=O)NC(=O)COC(=O)c2oc3c(ccc4ccccc43)c2C)cc1. The highest BCUT2D eigenvalue weighted by Crippen LogP contribution is 2.32. The second-order valence-electron chi connectivity index (χ2n) is 6.90. The summed E-state index contributed by atoms with van der Waals surface area (Å²) in [6, 6.07) is 17.8. The number of imide groups is 1. The van der Waals surface area contributed by atoms with Gasteiger partial charge in [-0.3, -0.25) is 14.9 Å². The van der Waals surface area contributed by atoms with E-state index in [1.165, 1.54) is 19.2 Å². The van der Waals surface area contributed by atoms with Crippen molar-refractivity contribution in [2.45, 2.75) is 6.92 Å². The van der Waals surface area contributed by atoms with Crippen molar-refractivity contribution in [3.05, 3.63) is 77.6 Å². The van der Waals surface area contributed by atoms with Crippen molar-refractivity contribution in [3.63, 3.8) is 0 Å². The van der Waals surface area contributed by atoms with E-state index in [-0.39, 0.29) is 11.3 Å². The lowest BCUT2D eigenvalue weighted by Crippen LogP contribution is -2.34. The normalized spacial score (nSPS) is 10.8. The van der Waals surface area contributed by atoms with Gasteiger partial charge >= 0.3 is 5.97 Å². The monoisotopic (exact) mass is 417 g/mol. The number of hydrogen-bond acceptors (Lipinski definition) is 6. The lowest BCUT2D eigenvalue weighted by Gasteiger charge is -2.06. The van der Waals surface area contributed by atoms with Crippen molar-refractivity contribution in [1.29, 1.82) is 0 Å². The van der Waals surface area contributed by atoms with Crippen LogP contribution in [0.15, 0.2) is 65.1 Å². The topological polar surface area (TPSA) is 94.8 Å². The Labute approximate surface area is 177 Å². The number of furan rings is 1. The minimum atomic E-state index is -0.773. The highest BCUT2D eigenvalue weighted by molar-refractivity contribution is 6.09. The maximum Gasteiger partial charge on any atom is 0.375 e. The van der Waals surface area contributed by atoms with E-state index in [0.717, 1.165) is 16.2 Å². The van der Waals surface area contributed by atoms with Crippen LogP contribution in [0, 0.1) is 6.92 Å². The smallest absolute Gasteiger partial charge is 0.375 e. The van der Waals surface area contributed by atoms with Gasteiger partial charge in [0.15, 0.2) is 6.61 Å². The molecule has 0 unspecified atom stereocenters. The highest BCUT2D eigenvalue weighted by Gasteiger charge is 2.21. The summed E-state index contributed by atoms with van der Waals surface area (Å²) in [5.41, 5.74) is 1.49. The van der Waals surface area contributed by atoms with E-state index in [1.807, 2.05) is 36.4 Å². The van der Waals surface area contributed by atoms with E-state index in [9.17, 15) is 14.4 Å². The first-order valence-corrected chi connectivity index (χ1v) is 9.54. The fourth-order valence-electron chi connectivity index (χ4n) is 3.32. The lowest BCUT2D eigenvalue weighted by molar-refractivity contribution is -0.123. The number of amides is 2. The van der Waals surface area contributed by atoms with E-state index in [2.05, 4.69) is 5.32 Å². The Morgan fingerprint density at radius 2 is 1.68 bits per heavy atom. The van der Waals surface area contributed by atoms with Gasteiger partial charge in [0, 0.05) is 21.9 Å². The number of ether oxygens (including phenoxy) is 2. The average molecular weight is 417 g/mol. The summed E-state index contributed by atoms with van der Waals surface area (Å²) in [4.78, 5) is 36.7. The number of carbonyl (C=O) groups is 3. The van der Waals surface area contributed by atoms with Crippen LogP contribution >= 0.6 is 0 Å². The fraction of sp³-hybridized carbons (Fsp3) is 0.125. The third-order valence-electron chi connectivity index (χ3n) is 4.95. The van der Waals surface area contributed by atoms with Gasteiger partial charge in [-0.15, -0.1) is 0 Å². The number of fused-ring (bicyclic) bond motifs is 3. The fourth-order valence-corrected chi connectivity index (χ4v) is 3.32. The summed E-state index contributed by atoms with van der Waals surface area (Å²) >= 11 is 0. The van der Waals surface area contributed by atoms with Crippen LogP contribution in [0.3, 0.4) is 0 Å². The summed E-state index contributed by atoms with van der Waals surface area (Å²) in [5, 5.41) is 4.84. The molecule has 7 nitrogen and oxygen atoms in total. The summed E-state index contributed by atoms with van der Waals surface area (Å²) in [7, 11) is 1.51. The minimum Gasteiger partial charge on any atom is -0.497 e. The van der Waals surface area contributed by atoms with Crippen LogP contribution in [0.5, 0.6) is 5.75 Å². The molecule has 1 aromatic heterocycles. The molecule has 1 N–H and O–H groups in total. The van der Waals surface area contributed by atoms with Gasteiger partial charge in [-0.25, -0.2) is 4.79 Å². The summed E-state index contributed by atoms with van der Waals surface area (Å²) in [6.07, 6.45) is 0. The number of aryl methyl sites for hydroxylation is 1. The Morgan fingerprint density at radius 3 is 2.42 bits per heavy atom. The van der Waals surface area contributed by atoms with Gasteiger partial charge in [0.2, 0.25) is 5.76 Å². The molecule has 0 aliphatic carbocycles. The summed E-state index contributed by atoms with van der Waals surface area (Å²) in [5.74, 6) is -1.50. The number of rotatable bonds is 5. The van der Waals surface area contributed by atoms with Gasteiger partial charge in [-0.05, 0) is 36.6 Å². The van der Waals surface area contributed by atoms with Gasteiger partial charge in [-0.2, -0.15) is 0 Å². The van der Waals surface area contributed by atoms with Gasteiger partial charge in [0.05, 0.1) is 7.11 Å². The van der Waals surface area contributed by atoms with Crippen LogP contribution in [0.2, 0.25) is 0 Å². The second kappa shape index (κ2) is 8.31. The quantitative estimate of drug-likeness (QED) is 0.493. The van der Waals surface area contributed by atoms with Crippen molar-refractivity contribution in [2.24, 2.45) is 0 Å². The maximum atomic E-state index is 12.5. The van der Waals surface area contributed by atoms with Crippen LogP contribution in [0.25, 0.3) is 21.7 Å². The molecular formula is C24H19NO6. The number of hydrogen-bond donors (Lipinski definition) is 1. The van der Waals surface area contributed by atoms with Crippen LogP contribution in [0.4, 0.5) is 0 Å². The molecule has 1 heterocycles. The molecule has 0 saturated carbocycles. The van der Waals surface area contributed by atoms with Crippen molar-refractivity contribution in [3.8, 4) is 5.75 Å². The molecule has 3 aromatic carbocycles. The van der Waals surface area contributed by atoms with Gasteiger partial charge in [0.1, 0.15) is 11.3 Å². The Hall–Kier alpha value is -4.13. The highest BCUT2D eigenvalue weighted by atomic mass is 16.5. The zero-order valence-corrected chi connectivity index (χ0v) is 16.9. The maximum absolute atomic E-state index is 12.5. The van der Waals surface area contributed by atoms with Crippen molar-refractivity contribution in [1.82, 2.24) is 5.32 Å². The van der Waals surface area contributed by atoms with Gasteiger partial charge in [0.25, 0.3) is 11.8 Å². The van der Waals surface area contributed by atoms with E-state index < -0.39 is 24.4 Å². The van der Waals surface area contributed by atoms with E-state index >= 15 is 0 Å². The summed E-state index contributed by atoms with van der Waals surface area (Å²) in [6.45, 7) is 1.14. The number of esters is 1. The second-order valence-corrected chi connectivity index (χ2v) is 6.90. The third-order valence-corrected chi connectivity index (χ3v) is 4.95. The first-order chi connectivity index (χ1) is 15.0. The lowest BCUT2D eigenvalue weighted by atomic mass is 10.1. The van der Waals surface area contributed by atoms with Crippen LogP contribution in [-0.4, -0.2) is 31.5 Å². The van der Waals surface area contributed by atoms with Crippen molar-refractivity contribution >= 4 is 39.5 Å². The van der Waals surface area contributed by atoms with E-state index in [1.54, 1.807) is 19.1 Å². The largest absolute Gasteiger partial charge is 0.497 e. The number of benzene rings is 3. The first kappa shape index (κ1) is 20.2. The van der Waals surface area contributed by atoms with E-state index in [4.69, 9.17) is 13.9 Å². The molecule has 7 heteroatoms. The van der Waals surface area contributed by atoms with Crippen LogP contribution in [0.1, 0.15) is 26.5 Å². The molecule has 0 saturated heterocycles. The van der Waals surface area contributed by atoms with Crippen molar-refractivity contribution in [2.75, 3.05) is 13.7 Å². The summed E-state index contributed by atoms with van der Waals surface area (Å²) < 4.78 is 15.9. The average Bonchev–Trinajstić information content (AvgIpc) is 3.14. The molecule has 0 aliphatic heterocycles. The van der Waals surface area contributed by atoms with Gasteiger partial charge in [-0.1, -0.05) is 36.4 Å². The molecule has 31 heavy (non-hydrogen) atoms. The molecule has 0 fully saturated rings. The van der Waals surface area contributed by atoms with Crippen LogP contribution in [-0.2, 0) is 9.53 Å². The molecule has 4 rings (SSSR count). The Bertz CT molecular complexity index is 1300. The van der Waals surface area contributed by atoms with Crippen molar-refractivity contribution < 1.29 is 28.3 Å². The number of carbonyl (C=O) groups excluding carboxylic acids is 3. The molecule has 0 spiro atoms. The van der Waals surface area contributed by atoms with Gasteiger partial charge < -0.3 is 13.9 Å². The molecule has 0 bridgehead atoms. The zero-order chi connectivity index (χ0) is 22.0. The molecular weight excluding hydrogens is 398 g/mol. The first-order valence-electron chi connectivity index (χ1n) is 9.54. The standard InChI is InChI=1S/C24H19NO6/c1-14-18-12-9-15-5-3-4-6-19(15)22(18)31-21(14)24(28)30-13-20(26)25-23(27)16-7-10-17(29-2)11-8-16/h3-12H,13H2,1-2H3,(H,25,26,27). The molecule has 0 radical (unpaired) electrons. The van der Waals surface area contributed by atoms with Crippen LogP contribution < -0.4 is 10.1 Å². The zero-order valence-electron chi connectivity index (χ0n) is 16.9. The Balaban J connectivity index is 1.44. The Morgan fingerprint density at radius 1 is 0.935 bits per heavy atom. The molecule has 0 atom stereocenters. The molecule has 156 valence electrons. The predicted molar refractivity (Wildman–Crippen MR) is 114 cm³/mol. The van der Waals surface area contributed by atoms with E-state index in [0.29, 0.717) is 16.9 Å². The number of nitrogens with one attached hydrogen (secondary N) is 1. The molecule has 2 amide bonds. The third kappa shape index (κ3) is 3.98. The number of methoxy groups -OCH3 is 1.